The van der Waals surface area contributed by atoms with Gasteiger partial charge >= 0.3 is 0 Å². The maximum atomic E-state index is 7.00. The predicted octanol–water partition coefficient (Wildman–Crippen LogP) is 2.91. The third kappa shape index (κ3) is 11.1. The standard InChI is InChI=1S/C10H20N2.C4H8.C2H6O.CH4O/c1-2-5-9(6-3-1)10-11-7-4-8-12-10;1-2-4-3-1;1-3-2;1-2/h9-12H,1-8H2;1-4H2;1-2H3;2H,1H3. The lowest BCUT2D eigenvalue weighted by molar-refractivity contribution is 0.215. The number of hydrogen-bond acceptors (Lipinski definition) is 4. The van der Waals surface area contributed by atoms with E-state index in [4.69, 9.17) is 5.11 Å². The minimum Gasteiger partial charge on any atom is -0.400 e. The van der Waals surface area contributed by atoms with E-state index in [0.29, 0.717) is 6.17 Å². The van der Waals surface area contributed by atoms with Crippen LogP contribution in [0.4, 0.5) is 0 Å². The first-order valence-corrected chi connectivity index (χ1v) is 8.70. The molecule has 1 aliphatic heterocycles. The molecule has 1 saturated heterocycles. The van der Waals surface area contributed by atoms with Gasteiger partial charge in [-0.1, -0.05) is 44.9 Å². The fourth-order valence-corrected chi connectivity index (χ4v) is 2.73. The number of aliphatic hydroxyl groups is 1. The highest BCUT2D eigenvalue weighted by atomic mass is 16.4. The molecule has 0 aromatic carbocycles. The molecular formula is C17H38N2O2. The van der Waals surface area contributed by atoms with E-state index >= 15 is 0 Å². The predicted molar refractivity (Wildman–Crippen MR) is 90.5 cm³/mol. The SMILES string of the molecule is C1CCC(C2NCCCN2)CC1.C1CCC1.CO.COC. The maximum Gasteiger partial charge on any atom is 0.0600 e. The molecule has 0 unspecified atom stereocenters. The molecule has 0 atom stereocenters. The normalized spacial score (nSPS) is 22.3. The van der Waals surface area contributed by atoms with E-state index < -0.39 is 0 Å². The van der Waals surface area contributed by atoms with Crippen molar-refractivity contribution in [1.29, 1.82) is 0 Å². The van der Waals surface area contributed by atoms with Crippen LogP contribution in [0.15, 0.2) is 0 Å². The number of hydrogen-bond donors (Lipinski definition) is 3. The van der Waals surface area contributed by atoms with Crippen molar-refractivity contribution in [3.8, 4) is 0 Å². The Morgan fingerprint density at radius 2 is 1.10 bits per heavy atom. The van der Waals surface area contributed by atoms with Crippen molar-refractivity contribution in [3.63, 3.8) is 0 Å². The minimum atomic E-state index is 0.638. The van der Waals surface area contributed by atoms with Gasteiger partial charge in [-0.3, -0.25) is 0 Å². The van der Waals surface area contributed by atoms with Crippen LogP contribution >= 0.6 is 0 Å². The van der Waals surface area contributed by atoms with E-state index in [9.17, 15) is 0 Å². The van der Waals surface area contributed by atoms with E-state index in [1.807, 2.05) is 0 Å². The van der Waals surface area contributed by atoms with Gasteiger partial charge in [-0.05, 0) is 38.3 Å². The summed E-state index contributed by atoms with van der Waals surface area (Å²) >= 11 is 0. The fraction of sp³-hybridized carbons (Fsp3) is 1.00. The smallest absolute Gasteiger partial charge is 0.0600 e. The summed E-state index contributed by atoms with van der Waals surface area (Å²) in [6.45, 7) is 2.43. The van der Waals surface area contributed by atoms with Gasteiger partial charge in [-0.15, -0.1) is 0 Å². The van der Waals surface area contributed by atoms with Gasteiger partial charge in [0.25, 0.3) is 0 Å². The molecule has 21 heavy (non-hydrogen) atoms. The fourth-order valence-electron chi connectivity index (χ4n) is 2.73. The van der Waals surface area contributed by atoms with Crippen molar-refractivity contribution < 1.29 is 9.84 Å². The van der Waals surface area contributed by atoms with Crippen LogP contribution in [0.5, 0.6) is 0 Å². The summed E-state index contributed by atoms with van der Waals surface area (Å²) in [6, 6.07) is 0. The third-order valence-corrected chi connectivity index (χ3v) is 4.20. The van der Waals surface area contributed by atoms with Gasteiger partial charge in [0.2, 0.25) is 0 Å². The van der Waals surface area contributed by atoms with Crippen molar-refractivity contribution in [2.45, 2.75) is 70.4 Å². The van der Waals surface area contributed by atoms with Crippen molar-refractivity contribution in [2.75, 3.05) is 34.4 Å². The van der Waals surface area contributed by atoms with Crippen LogP contribution in [0.1, 0.15) is 64.2 Å². The van der Waals surface area contributed by atoms with Crippen molar-refractivity contribution in [1.82, 2.24) is 10.6 Å². The van der Waals surface area contributed by atoms with Gasteiger partial charge in [0.15, 0.2) is 0 Å². The van der Waals surface area contributed by atoms with Crippen LogP contribution in [-0.4, -0.2) is 45.7 Å². The van der Waals surface area contributed by atoms with Gasteiger partial charge in [0, 0.05) is 21.3 Å². The molecule has 3 rings (SSSR count). The van der Waals surface area contributed by atoms with E-state index in [2.05, 4.69) is 15.4 Å². The molecule has 1 heterocycles. The Kier molecular flexibility index (Phi) is 16.1. The summed E-state index contributed by atoms with van der Waals surface area (Å²) < 4.78 is 4.25. The van der Waals surface area contributed by atoms with Gasteiger partial charge in [-0.25, -0.2) is 0 Å². The zero-order chi connectivity index (χ0) is 15.8. The lowest BCUT2D eigenvalue weighted by Gasteiger charge is -2.34. The summed E-state index contributed by atoms with van der Waals surface area (Å²) in [5.41, 5.74) is 0. The quantitative estimate of drug-likeness (QED) is 0.697. The Bertz CT molecular complexity index is 167. The van der Waals surface area contributed by atoms with Crippen molar-refractivity contribution in [2.24, 2.45) is 5.92 Å². The number of nitrogens with one attached hydrogen (secondary N) is 2. The molecular weight excluding hydrogens is 264 g/mol. The monoisotopic (exact) mass is 302 g/mol. The molecule has 4 heteroatoms. The molecule has 3 aliphatic rings. The molecule has 128 valence electrons. The number of ether oxygens (including phenoxy) is 1. The topological polar surface area (TPSA) is 53.5 Å². The minimum absolute atomic E-state index is 0.638. The molecule has 0 radical (unpaired) electrons. The summed E-state index contributed by atoms with van der Waals surface area (Å²) in [7, 11) is 4.25. The highest BCUT2D eigenvalue weighted by molar-refractivity contribution is 4.80. The summed E-state index contributed by atoms with van der Waals surface area (Å²) in [4.78, 5) is 0. The highest BCUT2D eigenvalue weighted by Gasteiger charge is 2.23. The molecule has 0 spiro atoms. The zero-order valence-corrected chi connectivity index (χ0v) is 14.5. The van der Waals surface area contributed by atoms with Crippen LogP contribution in [0, 0.1) is 5.92 Å². The molecule has 3 N–H and O–H groups in total. The molecule has 3 fully saturated rings. The summed E-state index contributed by atoms with van der Waals surface area (Å²) in [6.07, 6.45) is 15.2. The van der Waals surface area contributed by atoms with Gasteiger partial charge < -0.3 is 20.5 Å². The number of rotatable bonds is 1. The zero-order valence-electron chi connectivity index (χ0n) is 14.5. The molecule has 4 nitrogen and oxygen atoms in total. The van der Waals surface area contributed by atoms with Gasteiger partial charge in [0.1, 0.15) is 0 Å². The second kappa shape index (κ2) is 16.2. The summed E-state index contributed by atoms with van der Waals surface area (Å²) in [5.74, 6) is 0.916. The van der Waals surface area contributed by atoms with E-state index in [0.717, 1.165) is 13.0 Å². The van der Waals surface area contributed by atoms with E-state index in [-0.39, 0.29) is 0 Å². The second-order valence-electron chi connectivity index (χ2n) is 5.96. The van der Waals surface area contributed by atoms with Crippen LogP contribution in [0.2, 0.25) is 0 Å². The number of aliphatic hydroxyl groups excluding tert-OH is 1. The van der Waals surface area contributed by atoms with Crippen LogP contribution < -0.4 is 10.6 Å². The largest absolute Gasteiger partial charge is 0.400 e. The Morgan fingerprint density at radius 1 is 0.714 bits per heavy atom. The Labute approximate surface area is 132 Å². The first-order valence-electron chi connectivity index (χ1n) is 8.70. The van der Waals surface area contributed by atoms with Gasteiger partial charge in [0.05, 0.1) is 6.17 Å². The Morgan fingerprint density at radius 3 is 1.48 bits per heavy atom. The lowest BCUT2D eigenvalue weighted by atomic mass is 9.86. The number of methoxy groups -OCH3 is 1. The highest BCUT2D eigenvalue weighted by Crippen LogP contribution is 2.26. The molecule has 0 aromatic rings. The van der Waals surface area contributed by atoms with E-state index in [1.54, 1.807) is 14.2 Å². The first-order chi connectivity index (χ1) is 10.4. The Balaban J connectivity index is 0.000000369. The first kappa shape index (κ1) is 20.8. The van der Waals surface area contributed by atoms with Crippen LogP contribution in [-0.2, 0) is 4.74 Å². The third-order valence-electron chi connectivity index (χ3n) is 4.20. The molecule has 2 saturated carbocycles. The summed E-state index contributed by atoms with van der Waals surface area (Å²) in [5, 5.41) is 14.2. The Hall–Kier alpha value is -0.160. The van der Waals surface area contributed by atoms with E-state index in [1.165, 1.54) is 77.3 Å². The van der Waals surface area contributed by atoms with Crippen molar-refractivity contribution >= 4 is 0 Å². The molecule has 0 bridgehead atoms. The lowest BCUT2D eigenvalue weighted by Crippen LogP contribution is -2.52. The average Bonchev–Trinajstić information content (AvgIpc) is 2.50. The average molecular weight is 303 g/mol. The van der Waals surface area contributed by atoms with Gasteiger partial charge in [-0.2, -0.15) is 0 Å². The van der Waals surface area contributed by atoms with Crippen molar-refractivity contribution in [3.05, 3.63) is 0 Å². The van der Waals surface area contributed by atoms with Crippen LogP contribution in [0.3, 0.4) is 0 Å². The molecule has 0 amide bonds. The van der Waals surface area contributed by atoms with Crippen LogP contribution in [0.25, 0.3) is 0 Å². The molecule has 0 aromatic heterocycles. The second-order valence-corrected chi connectivity index (χ2v) is 5.96. The maximum absolute atomic E-state index is 7.00. The molecule has 2 aliphatic carbocycles.